The molecule has 8 heteroatoms. The average Bonchev–Trinajstić information content (AvgIpc) is 2.80. The summed E-state index contributed by atoms with van der Waals surface area (Å²) in [7, 11) is -3.54. The minimum Gasteiger partial charge on any atom is -0.365 e. The van der Waals surface area contributed by atoms with Gasteiger partial charge in [-0.3, -0.25) is 9.59 Å². The molecule has 134 valence electrons. The molecular formula is C17H20N2O4S2. The number of rotatable bonds is 6. The Morgan fingerprint density at radius 2 is 1.72 bits per heavy atom. The predicted octanol–water partition coefficient (Wildman–Crippen LogP) is 2.57. The molecule has 0 saturated heterocycles. The third kappa shape index (κ3) is 4.46. The Balaban J connectivity index is 2.08. The lowest BCUT2D eigenvalue weighted by Crippen LogP contribution is -2.20. The fraction of sp³-hybridized carbons (Fsp3) is 0.294. The van der Waals surface area contributed by atoms with Crippen molar-refractivity contribution in [3.8, 4) is 0 Å². The SMILES string of the molecule is Cc1ccc(S(=O)(=O)CCC(=O)Nc2sc(C)c(C)c2C(N)=O)cc1. The minimum absolute atomic E-state index is 0.187. The predicted molar refractivity (Wildman–Crippen MR) is 98.8 cm³/mol. The zero-order valence-electron chi connectivity index (χ0n) is 14.3. The van der Waals surface area contributed by atoms with Crippen LogP contribution in [0.1, 0.15) is 32.8 Å². The van der Waals surface area contributed by atoms with E-state index in [-0.39, 0.29) is 22.6 Å². The van der Waals surface area contributed by atoms with Crippen molar-refractivity contribution in [2.24, 2.45) is 5.73 Å². The molecule has 1 heterocycles. The number of thiophene rings is 1. The van der Waals surface area contributed by atoms with Crippen molar-refractivity contribution in [2.45, 2.75) is 32.1 Å². The van der Waals surface area contributed by atoms with E-state index in [1.54, 1.807) is 19.1 Å². The number of hydrogen-bond donors (Lipinski definition) is 2. The van der Waals surface area contributed by atoms with Crippen LogP contribution in [0.5, 0.6) is 0 Å². The molecule has 0 aliphatic heterocycles. The molecule has 0 saturated carbocycles. The molecule has 1 aromatic carbocycles. The van der Waals surface area contributed by atoms with E-state index in [0.717, 1.165) is 16.0 Å². The lowest BCUT2D eigenvalue weighted by atomic mass is 10.1. The normalized spacial score (nSPS) is 11.3. The van der Waals surface area contributed by atoms with Gasteiger partial charge in [0.2, 0.25) is 5.91 Å². The molecule has 25 heavy (non-hydrogen) atoms. The number of nitrogens with two attached hydrogens (primary N) is 1. The summed E-state index contributed by atoms with van der Waals surface area (Å²) in [4.78, 5) is 24.7. The number of nitrogens with one attached hydrogen (secondary N) is 1. The summed E-state index contributed by atoms with van der Waals surface area (Å²) in [5.74, 6) is -1.40. The second-order valence-electron chi connectivity index (χ2n) is 5.78. The smallest absolute Gasteiger partial charge is 0.251 e. The quantitative estimate of drug-likeness (QED) is 0.803. The van der Waals surface area contributed by atoms with Gasteiger partial charge in [0.1, 0.15) is 5.00 Å². The molecule has 6 nitrogen and oxygen atoms in total. The zero-order chi connectivity index (χ0) is 18.8. The Kier molecular flexibility index (Phi) is 5.64. The number of benzene rings is 1. The van der Waals surface area contributed by atoms with E-state index in [1.807, 2.05) is 13.8 Å². The van der Waals surface area contributed by atoms with Crippen molar-refractivity contribution in [3.63, 3.8) is 0 Å². The third-order valence-electron chi connectivity index (χ3n) is 3.86. The van der Waals surface area contributed by atoms with Crippen LogP contribution in [0.2, 0.25) is 0 Å². The maximum Gasteiger partial charge on any atom is 0.251 e. The Hall–Kier alpha value is -2.19. The first kappa shape index (κ1) is 19.1. The second kappa shape index (κ2) is 7.37. The van der Waals surface area contributed by atoms with E-state index < -0.39 is 21.7 Å². The van der Waals surface area contributed by atoms with E-state index in [2.05, 4.69) is 5.32 Å². The van der Waals surface area contributed by atoms with Crippen molar-refractivity contribution in [2.75, 3.05) is 11.1 Å². The van der Waals surface area contributed by atoms with Gasteiger partial charge in [-0.15, -0.1) is 11.3 Å². The number of hydrogen-bond acceptors (Lipinski definition) is 5. The van der Waals surface area contributed by atoms with Gasteiger partial charge in [0.25, 0.3) is 5.91 Å². The Morgan fingerprint density at radius 1 is 1.12 bits per heavy atom. The Morgan fingerprint density at radius 3 is 2.28 bits per heavy atom. The summed E-state index contributed by atoms with van der Waals surface area (Å²) in [5.41, 5.74) is 7.31. The summed E-state index contributed by atoms with van der Waals surface area (Å²) in [6.07, 6.45) is -0.204. The second-order valence-corrected chi connectivity index (χ2v) is 9.12. The molecular weight excluding hydrogens is 360 g/mol. The first-order valence-corrected chi connectivity index (χ1v) is 10.1. The molecule has 2 rings (SSSR count). The highest BCUT2D eigenvalue weighted by molar-refractivity contribution is 7.91. The minimum atomic E-state index is -3.54. The molecule has 0 atom stereocenters. The highest BCUT2D eigenvalue weighted by atomic mass is 32.2. The van der Waals surface area contributed by atoms with Crippen LogP contribution in [-0.2, 0) is 14.6 Å². The fourth-order valence-electron chi connectivity index (χ4n) is 2.29. The van der Waals surface area contributed by atoms with Gasteiger partial charge in [-0.1, -0.05) is 17.7 Å². The van der Waals surface area contributed by atoms with E-state index in [9.17, 15) is 18.0 Å². The van der Waals surface area contributed by atoms with Gasteiger partial charge in [0.15, 0.2) is 9.84 Å². The molecule has 1 aromatic heterocycles. The van der Waals surface area contributed by atoms with Crippen LogP contribution in [-0.4, -0.2) is 26.0 Å². The highest BCUT2D eigenvalue weighted by Gasteiger charge is 2.21. The molecule has 0 bridgehead atoms. The van der Waals surface area contributed by atoms with Gasteiger partial charge in [0.05, 0.1) is 16.2 Å². The third-order valence-corrected chi connectivity index (χ3v) is 6.72. The largest absolute Gasteiger partial charge is 0.365 e. The van der Waals surface area contributed by atoms with E-state index in [0.29, 0.717) is 5.00 Å². The molecule has 2 amide bonds. The summed E-state index contributed by atoms with van der Waals surface area (Å²) in [6, 6.07) is 6.48. The maximum absolute atomic E-state index is 12.3. The first-order valence-electron chi connectivity index (χ1n) is 7.61. The van der Waals surface area contributed by atoms with E-state index in [4.69, 9.17) is 5.73 Å². The monoisotopic (exact) mass is 380 g/mol. The fourth-order valence-corrected chi connectivity index (χ4v) is 4.61. The lowest BCUT2D eigenvalue weighted by Gasteiger charge is -2.07. The number of aryl methyl sites for hydroxylation is 2. The molecule has 0 spiro atoms. The first-order chi connectivity index (χ1) is 11.6. The lowest BCUT2D eigenvalue weighted by molar-refractivity contribution is -0.115. The van der Waals surface area contributed by atoms with Gasteiger partial charge in [0, 0.05) is 11.3 Å². The molecule has 0 aliphatic carbocycles. The maximum atomic E-state index is 12.3. The Labute approximate surface area is 151 Å². The summed E-state index contributed by atoms with van der Waals surface area (Å²) in [6.45, 7) is 5.44. The van der Waals surface area contributed by atoms with Gasteiger partial charge >= 0.3 is 0 Å². The van der Waals surface area contributed by atoms with Crippen LogP contribution in [0.25, 0.3) is 0 Å². The van der Waals surface area contributed by atoms with Gasteiger partial charge < -0.3 is 11.1 Å². The van der Waals surface area contributed by atoms with Crippen molar-refractivity contribution in [3.05, 3.63) is 45.8 Å². The van der Waals surface area contributed by atoms with Gasteiger partial charge in [-0.25, -0.2) is 8.42 Å². The van der Waals surface area contributed by atoms with E-state index >= 15 is 0 Å². The van der Waals surface area contributed by atoms with Crippen molar-refractivity contribution < 1.29 is 18.0 Å². The molecule has 0 radical (unpaired) electrons. The van der Waals surface area contributed by atoms with E-state index in [1.165, 1.54) is 23.5 Å². The molecule has 0 aliphatic rings. The summed E-state index contributed by atoms with van der Waals surface area (Å²) < 4.78 is 24.6. The highest BCUT2D eigenvalue weighted by Crippen LogP contribution is 2.32. The average molecular weight is 380 g/mol. The molecule has 2 aromatic rings. The number of carbonyl (C=O) groups is 2. The van der Waals surface area contributed by atoms with Crippen LogP contribution in [0.15, 0.2) is 29.2 Å². The zero-order valence-corrected chi connectivity index (χ0v) is 15.9. The number of sulfone groups is 1. The Bertz CT molecular complexity index is 913. The van der Waals surface area contributed by atoms with Crippen molar-refractivity contribution in [1.29, 1.82) is 0 Å². The molecule has 3 N–H and O–H groups in total. The van der Waals surface area contributed by atoms with Crippen molar-refractivity contribution >= 4 is 38.0 Å². The number of anilines is 1. The van der Waals surface area contributed by atoms with Gasteiger partial charge in [-0.05, 0) is 38.5 Å². The van der Waals surface area contributed by atoms with Crippen LogP contribution < -0.4 is 11.1 Å². The molecule has 0 unspecified atom stereocenters. The summed E-state index contributed by atoms with van der Waals surface area (Å²) in [5, 5.41) is 2.96. The van der Waals surface area contributed by atoms with Crippen LogP contribution in [0.4, 0.5) is 5.00 Å². The summed E-state index contributed by atoms with van der Waals surface area (Å²) >= 11 is 1.25. The topological polar surface area (TPSA) is 106 Å². The van der Waals surface area contributed by atoms with Crippen LogP contribution in [0.3, 0.4) is 0 Å². The molecule has 0 fully saturated rings. The van der Waals surface area contributed by atoms with Crippen LogP contribution in [0, 0.1) is 20.8 Å². The van der Waals surface area contributed by atoms with Crippen molar-refractivity contribution in [1.82, 2.24) is 0 Å². The number of primary amides is 1. The van der Waals surface area contributed by atoms with Gasteiger partial charge in [-0.2, -0.15) is 0 Å². The van der Waals surface area contributed by atoms with Crippen LogP contribution >= 0.6 is 11.3 Å². The standard InChI is InChI=1S/C17H20N2O4S2/c1-10-4-6-13(7-5-10)25(22,23)9-8-14(20)19-17-15(16(18)21)11(2)12(3)24-17/h4-7H,8-9H2,1-3H3,(H2,18,21)(H,19,20). The number of carbonyl (C=O) groups excluding carboxylic acids is 2. The number of amides is 2.